The quantitative estimate of drug-likeness (QED) is 0.802. The second kappa shape index (κ2) is 5.15. The topological polar surface area (TPSA) is 59.3 Å². The van der Waals surface area contributed by atoms with Crippen molar-refractivity contribution in [3.63, 3.8) is 0 Å². The second-order valence-corrected chi connectivity index (χ2v) is 7.27. The predicted molar refractivity (Wildman–Crippen MR) is 94.6 cm³/mol. The van der Waals surface area contributed by atoms with Gasteiger partial charge >= 0.3 is 0 Å². The fourth-order valence-corrected chi connectivity index (χ4v) is 4.57. The third-order valence-electron chi connectivity index (χ3n) is 5.93. The highest BCUT2D eigenvalue weighted by Crippen LogP contribution is 2.61. The molecule has 0 bridgehead atoms. The van der Waals surface area contributed by atoms with Crippen LogP contribution in [0.2, 0.25) is 0 Å². The van der Waals surface area contributed by atoms with Crippen LogP contribution >= 0.6 is 0 Å². The summed E-state index contributed by atoms with van der Waals surface area (Å²) in [5, 5.41) is 7.50. The first-order chi connectivity index (χ1) is 12.2. The average Bonchev–Trinajstić information content (AvgIpc) is 3.04. The number of carbonyl (C=O) groups is 1. The van der Waals surface area contributed by atoms with Crippen LogP contribution in [0.15, 0.2) is 42.7 Å². The van der Waals surface area contributed by atoms with Crippen molar-refractivity contribution in [2.75, 3.05) is 6.54 Å². The Hall–Kier alpha value is -2.69. The van der Waals surface area contributed by atoms with Crippen LogP contribution in [0.5, 0.6) is 0 Å². The minimum absolute atomic E-state index is 0.0699. The molecule has 0 saturated heterocycles. The molecule has 0 unspecified atom stereocenters. The molecular weight excluding hydrogens is 312 g/mol. The monoisotopic (exact) mass is 332 g/mol. The lowest BCUT2D eigenvalue weighted by atomic mass is 9.95. The van der Waals surface area contributed by atoms with Gasteiger partial charge in [0.2, 0.25) is 0 Å². The zero-order valence-corrected chi connectivity index (χ0v) is 14.2. The standard InChI is InChI=1S/C20H20N4O/c1-13-17(18-21-9-4-10-24(18)23-13)19(25)22-12-15-11-20(15)8-7-14-5-2-3-6-16(14)20/h2-6,9-10,15H,7-8,11-12H2,1H3,(H,22,25)/t15-,20-/m0/s1. The number of nitrogens with zero attached hydrogens (tertiary/aromatic N) is 3. The molecule has 0 radical (unpaired) electrons. The highest BCUT2D eigenvalue weighted by Gasteiger charge is 2.57. The molecule has 2 aliphatic rings. The first-order valence-corrected chi connectivity index (χ1v) is 8.85. The van der Waals surface area contributed by atoms with Gasteiger partial charge in [-0.25, -0.2) is 9.50 Å². The Bertz CT molecular complexity index is 992. The molecule has 0 aliphatic heterocycles. The number of fused-ring (bicyclic) bond motifs is 3. The van der Waals surface area contributed by atoms with Crippen LogP contribution in [0.4, 0.5) is 0 Å². The summed E-state index contributed by atoms with van der Waals surface area (Å²) in [4.78, 5) is 17.0. The van der Waals surface area contributed by atoms with Gasteiger partial charge in [0.1, 0.15) is 5.56 Å². The molecule has 126 valence electrons. The van der Waals surface area contributed by atoms with E-state index in [1.54, 1.807) is 10.7 Å². The van der Waals surface area contributed by atoms with Crippen LogP contribution in [0.25, 0.3) is 5.65 Å². The number of rotatable bonds is 3. The lowest BCUT2D eigenvalue weighted by Gasteiger charge is -2.12. The first kappa shape index (κ1) is 14.6. The number of carbonyl (C=O) groups excluding carboxylic acids is 1. The van der Waals surface area contributed by atoms with E-state index in [9.17, 15) is 4.79 Å². The minimum Gasteiger partial charge on any atom is -0.352 e. The SMILES string of the molecule is Cc1nn2cccnc2c1C(=O)NC[C@@H]1C[C@@]12CCc1ccccc12. The van der Waals surface area contributed by atoms with Gasteiger partial charge in [0, 0.05) is 24.4 Å². The molecule has 1 spiro atoms. The molecule has 5 rings (SSSR count). The number of nitrogens with one attached hydrogen (secondary N) is 1. The number of aromatic nitrogens is 3. The fourth-order valence-electron chi connectivity index (χ4n) is 4.57. The smallest absolute Gasteiger partial charge is 0.257 e. The molecule has 2 atom stereocenters. The minimum atomic E-state index is -0.0699. The normalized spacial score (nSPS) is 23.8. The van der Waals surface area contributed by atoms with Crippen molar-refractivity contribution >= 4 is 11.6 Å². The van der Waals surface area contributed by atoms with E-state index in [1.165, 1.54) is 24.0 Å². The molecule has 5 heteroatoms. The zero-order valence-electron chi connectivity index (χ0n) is 14.2. The average molecular weight is 332 g/mol. The lowest BCUT2D eigenvalue weighted by Crippen LogP contribution is -2.28. The summed E-state index contributed by atoms with van der Waals surface area (Å²) >= 11 is 0. The van der Waals surface area contributed by atoms with E-state index >= 15 is 0 Å². The molecule has 1 fully saturated rings. The maximum Gasteiger partial charge on any atom is 0.257 e. The van der Waals surface area contributed by atoms with Crippen LogP contribution in [0, 0.1) is 12.8 Å². The van der Waals surface area contributed by atoms with Gasteiger partial charge in [0.05, 0.1) is 5.69 Å². The van der Waals surface area contributed by atoms with Crippen molar-refractivity contribution in [2.45, 2.75) is 31.6 Å². The molecule has 2 aliphatic carbocycles. The molecule has 3 aromatic rings. The number of amides is 1. The third kappa shape index (κ3) is 2.11. The van der Waals surface area contributed by atoms with Crippen molar-refractivity contribution in [2.24, 2.45) is 5.92 Å². The van der Waals surface area contributed by atoms with Crippen LogP contribution in [0.1, 0.15) is 40.0 Å². The van der Waals surface area contributed by atoms with Crippen molar-refractivity contribution < 1.29 is 4.79 Å². The van der Waals surface area contributed by atoms with Crippen molar-refractivity contribution in [3.8, 4) is 0 Å². The fraction of sp³-hybridized carbons (Fsp3) is 0.350. The largest absolute Gasteiger partial charge is 0.352 e. The summed E-state index contributed by atoms with van der Waals surface area (Å²) in [7, 11) is 0. The summed E-state index contributed by atoms with van der Waals surface area (Å²) in [6, 6.07) is 10.6. The number of aryl methyl sites for hydroxylation is 2. The second-order valence-electron chi connectivity index (χ2n) is 7.27. The first-order valence-electron chi connectivity index (χ1n) is 8.85. The Morgan fingerprint density at radius 3 is 3.16 bits per heavy atom. The Labute approximate surface area is 146 Å². The van der Waals surface area contributed by atoms with Crippen LogP contribution in [0.3, 0.4) is 0 Å². The molecule has 5 nitrogen and oxygen atoms in total. The van der Waals surface area contributed by atoms with Gasteiger partial charge in [-0.05, 0) is 49.3 Å². The number of hydrogen-bond acceptors (Lipinski definition) is 3. The molecule has 1 saturated carbocycles. The molecule has 1 N–H and O–H groups in total. The Balaban J connectivity index is 1.33. The van der Waals surface area contributed by atoms with E-state index in [2.05, 4.69) is 39.7 Å². The van der Waals surface area contributed by atoms with Gasteiger partial charge < -0.3 is 5.32 Å². The molecule has 1 amide bonds. The van der Waals surface area contributed by atoms with E-state index in [1.807, 2.05) is 19.2 Å². The maximum absolute atomic E-state index is 12.7. The highest BCUT2D eigenvalue weighted by molar-refractivity contribution is 6.01. The van der Waals surface area contributed by atoms with E-state index in [-0.39, 0.29) is 5.91 Å². The zero-order chi connectivity index (χ0) is 17.0. The van der Waals surface area contributed by atoms with E-state index in [4.69, 9.17) is 0 Å². The van der Waals surface area contributed by atoms with Gasteiger partial charge in [-0.3, -0.25) is 4.79 Å². The van der Waals surface area contributed by atoms with Gasteiger partial charge in [-0.15, -0.1) is 0 Å². The molecule has 2 aromatic heterocycles. The van der Waals surface area contributed by atoms with E-state index in [0.29, 0.717) is 28.2 Å². The van der Waals surface area contributed by atoms with Gasteiger partial charge in [-0.1, -0.05) is 24.3 Å². The van der Waals surface area contributed by atoms with Crippen LogP contribution in [-0.2, 0) is 11.8 Å². The Kier molecular flexibility index (Phi) is 3.02. The van der Waals surface area contributed by atoms with Gasteiger partial charge in [-0.2, -0.15) is 5.10 Å². The molecule has 2 heterocycles. The van der Waals surface area contributed by atoms with Gasteiger partial charge in [0.25, 0.3) is 5.91 Å². The molecular formula is C20H20N4O. The highest BCUT2D eigenvalue weighted by atomic mass is 16.1. The Morgan fingerprint density at radius 2 is 2.24 bits per heavy atom. The van der Waals surface area contributed by atoms with Crippen molar-refractivity contribution in [1.29, 1.82) is 0 Å². The maximum atomic E-state index is 12.7. The van der Waals surface area contributed by atoms with Crippen molar-refractivity contribution in [1.82, 2.24) is 19.9 Å². The van der Waals surface area contributed by atoms with Crippen LogP contribution < -0.4 is 5.32 Å². The summed E-state index contributed by atoms with van der Waals surface area (Å²) < 4.78 is 1.66. The van der Waals surface area contributed by atoms with Crippen molar-refractivity contribution in [3.05, 3.63) is 65.1 Å². The summed E-state index contributed by atoms with van der Waals surface area (Å²) in [6.45, 7) is 2.58. The third-order valence-corrected chi connectivity index (χ3v) is 5.93. The molecule has 1 aromatic carbocycles. The predicted octanol–water partition coefficient (Wildman–Crippen LogP) is 2.67. The summed E-state index contributed by atoms with van der Waals surface area (Å²) in [6.07, 6.45) is 7.06. The van der Waals surface area contributed by atoms with E-state index < -0.39 is 0 Å². The van der Waals surface area contributed by atoms with E-state index in [0.717, 1.165) is 13.0 Å². The number of benzene rings is 1. The lowest BCUT2D eigenvalue weighted by molar-refractivity contribution is 0.0952. The number of hydrogen-bond donors (Lipinski definition) is 1. The summed E-state index contributed by atoms with van der Waals surface area (Å²) in [5.74, 6) is 0.467. The molecule has 25 heavy (non-hydrogen) atoms. The van der Waals surface area contributed by atoms with Crippen LogP contribution in [-0.4, -0.2) is 27.0 Å². The summed E-state index contributed by atoms with van der Waals surface area (Å²) in [5.41, 5.74) is 5.21. The van der Waals surface area contributed by atoms with Gasteiger partial charge in [0.15, 0.2) is 5.65 Å². The Morgan fingerprint density at radius 1 is 1.36 bits per heavy atom.